The van der Waals surface area contributed by atoms with Crippen LogP contribution < -0.4 is 15.2 Å². The van der Waals surface area contributed by atoms with Crippen LogP contribution in [0.25, 0.3) is 28.0 Å². The Morgan fingerprint density at radius 1 is 0.758 bits per heavy atom. The number of aromatic hydroxyl groups is 1. The fourth-order valence-corrected chi connectivity index (χ4v) is 8.10. The van der Waals surface area contributed by atoms with Gasteiger partial charge in [-0.1, -0.05) is 103 Å². The molecule has 0 spiro atoms. The van der Waals surface area contributed by atoms with Crippen LogP contribution in [0.5, 0.6) is 11.5 Å². The molecule has 0 bridgehead atoms. The Hall–Kier alpha value is -6.99. The van der Waals surface area contributed by atoms with Crippen LogP contribution in [-0.4, -0.2) is 85.8 Å². The molecule has 2 N–H and O–H groups in total. The number of halogens is 1. The third-order valence-electron chi connectivity index (χ3n) is 10.9. The number of unbranched alkanes of at least 4 members (excludes halogenated alkanes) is 1. The summed E-state index contributed by atoms with van der Waals surface area (Å²) in [6.45, 7) is 7.44. The SMILES string of the molecule is CC(C)(C)OC(=O)N1CCN(c2ccc(-c3nn(C(c4ccccc4)(c4ccccc4)c4ccccc4)c4cc(=O)n(-c5c(F)cccc5OCCCCO)nc34)cc2O)CC1. The highest BCUT2D eigenvalue weighted by atomic mass is 19.1. The van der Waals surface area contributed by atoms with Crippen molar-refractivity contribution in [2.24, 2.45) is 0 Å². The molecule has 0 radical (unpaired) electrons. The quantitative estimate of drug-likeness (QED) is 0.0924. The summed E-state index contributed by atoms with van der Waals surface area (Å²) in [5, 5.41) is 31.3. The molecular weight excluding hydrogens is 788 g/mol. The fourth-order valence-electron chi connectivity index (χ4n) is 8.10. The van der Waals surface area contributed by atoms with E-state index < -0.39 is 22.5 Å². The number of carbonyl (C=O) groups excluding carboxylic acids is 1. The minimum atomic E-state index is -1.16. The maximum absolute atomic E-state index is 16.0. The number of fused-ring (bicyclic) bond motifs is 1. The van der Waals surface area contributed by atoms with Crippen molar-refractivity contribution in [3.63, 3.8) is 0 Å². The molecular formula is C49H49FN6O6. The number of aliphatic hydroxyl groups is 1. The third-order valence-corrected chi connectivity index (χ3v) is 10.9. The van der Waals surface area contributed by atoms with Crippen molar-refractivity contribution in [2.75, 3.05) is 44.3 Å². The van der Waals surface area contributed by atoms with E-state index in [9.17, 15) is 19.8 Å². The Kier molecular flexibility index (Phi) is 11.8. The fraction of sp³-hybridized carbons (Fsp3) is 0.265. The lowest BCUT2D eigenvalue weighted by Crippen LogP contribution is -2.50. The van der Waals surface area contributed by atoms with Gasteiger partial charge in [0.2, 0.25) is 0 Å². The zero-order valence-corrected chi connectivity index (χ0v) is 34.9. The predicted octanol–water partition coefficient (Wildman–Crippen LogP) is 8.14. The molecule has 62 heavy (non-hydrogen) atoms. The number of piperazine rings is 1. The summed E-state index contributed by atoms with van der Waals surface area (Å²) >= 11 is 0. The van der Waals surface area contributed by atoms with Crippen molar-refractivity contribution in [1.82, 2.24) is 24.5 Å². The van der Waals surface area contributed by atoms with E-state index in [0.29, 0.717) is 61.5 Å². The van der Waals surface area contributed by atoms with E-state index in [1.165, 1.54) is 18.2 Å². The number of anilines is 1. The number of ether oxygens (including phenoxy) is 2. The van der Waals surface area contributed by atoms with Gasteiger partial charge in [0.1, 0.15) is 39.5 Å². The second-order valence-electron chi connectivity index (χ2n) is 16.2. The van der Waals surface area contributed by atoms with Crippen molar-refractivity contribution in [3.05, 3.63) is 166 Å². The van der Waals surface area contributed by atoms with Crippen LogP contribution in [0.1, 0.15) is 50.3 Å². The maximum atomic E-state index is 16.0. The number of aliphatic hydroxyl groups excluding tert-OH is 1. The Balaban J connectivity index is 1.33. The van der Waals surface area contributed by atoms with Gasteiger partial charge in [-0.25, -0.2) is 13.9 Å². The van der Waals surface area contributed by atoms with Gasteiger partial charge in [-0.2, -0.15) is 14.9 Å². The Morgan fingerprint density at radius 3 is 1.94 bits per heavy atom. The first-order chi connectivity index (χ1) is 30.0. The molecule has 0 aliphatic carbocycles. The summed E-state index contributed by atoms with van der Waals surface area (Å²) < 4.78 is 30.4. The molecule has 0 unspecified atom stereocenters. The number of para-hydroxylation sites is 1. The summed E-state index contributed by atoms with van der Waals surface area (Å²) in [4.78, 5) is 30.9. The summed E-state index contributed by atoms with van der Waals surface area (Å²) in [6.07, 6.45) is 0.639. The van der Waals surface area contributed by atoms with Gasteiger partial charge in [0, 0.05) is 44.4 Å². The maximum Gasteiger partial charge on any atom is 0.410 e. The van der Waals surface area contributed by atoms with Crippen molar-refractivity contribution in [1.29, 1.82) is 0 Å². The zero-order chi connectivity index (χ0) is 43.4. The first-order valence-corrected chi connectivity index (χ1v) is 20.8. The van der Waals surface area contributed by atoms with Gasteiger partial charge in [-0.15, -0.1) is 0 Å². The van der Waals surface area contributed by atoms with Crippen LogP contribution in [0, 0.1) is 5.82 Å². The molecule has 1 aliphatic rings. The van der Waals surface area contributed by atoms with Crippen LogP contribution in [0.4, 0.5) is 14.9 Å². The number of benzene rings is 5. The number of amides is 1. The van der Waals surface area contributed by atoms with Gasteiger partial charge >= 0.3 is 6.09 Å². The molecule has 13 heteroatoms. The Morgan fingerprint density at radius 2 is 1.37 bits per heavy atom. The first-order valence-electron chi connectivity index (χ1n) is 20.8. The van der Waals surface area contributed by atoms with Crippen molar-refractivity contribution >= 4 is 22.8 Å². The number of carbonyl (C=O) groups is 1. The lowest BCUT2D eigenvalue weighted by atomic mass is 9.77. The number of aromatic nitrogens is 4. The molecule has 7 aromatic rings. The van der Waals surface area contributed by atoms with E-state index in [4.69, 9.17) is 19.7 Å². The lowest BCUT2D eigenvalue weighted by molar-refractivity contribution is 0.0240. The van der Waals surface area contributed by atoms with Gasteiger partial charge in [0.25, 0.3) is 5.56 Å². The standard InChI is InChI=1S/C49H49FN6O6/c1-48(2,3)62-47(60)54-28-26-53(27-29-54)39-25-24-34(32-41(39)58)44-45-40(33-43(59)55(51-45)46-38(50)22-15-23-42(46)61-31-14-13-30-57)56(52-44)49(35-16-7-4-8-17-35,36-18-9-5-10-19-36)37-20-11-6-12-21-37/h4-12,15-25,32-33,57-58H,13-14,26-31H2,1-3H3. The monoisotopic (exact) mass is 836 g/mol. The highest BCUT2D eigenvalue weighted by Crippen LogP contribution is 2.44. The van der Waals surface area contributed by atoms with E-state index >= 15 is 4.39 Å². The smallest absolute Gasteiger partial charge is 0.410 e. The number of phenols is 1. The highest BCUT2D eigenvalue weighted by Gasteiger charge is 2.42. The first kappa shape index (κ1) is 41.7. The number of rotatable bonds is 12. The summed E-state index contributed by atoms with van der Waals surface area (Å²) in [6, 6.07) is 40.7. The largest absolute Gasteiger partial charge is 0.506 e. The average molecular weight is 837 g/mol. The second-order valence-corrected chi connectivity index (χ2v) is 16.2. The summed E-state index contributed by atoms with van der Waals surface area (Å²) in [7, 11) is 0. The molecule has 0 saturated carbocycles. The van der Waals surface area contributed by atoms with Gasteiger partial charge in [-0.3, -0.25) is 4.79 Å². The van der Waals surface area contributed by atoms with Crippen molar-refractivity contribution < 1.29 is 28.9 Å². The summed E-state index contributed by atoms with van der Waals surface area (Å²) in [5.74, 6) is -0.613. The van der Waals surface area contributed by atoms with E-state index in [-0.39, 0.29) is 42.0 Å². The predicted molar refractivity (Wildman–Crippen MR) is 237 cm³/mol. The lowest BCUT2D eigenvalue weighted by Gasteiger charge is -2.37. The number of nitrogens with zero attached hydrogens (tertiary/aromatic N) is 6. The molecule has 1 saturated heterocycles. The minimum absolute atomic E-state index is 0.0124. The minimum Gasteiger partial charge on any atom is -0.506 e. The molecule has 8 rings (SSSR count). The van der Waals surface area contributed by atoms with Crippen LogP contribution in [0.3, 0.4) is 0 Å². The van der Waals surface area contributed by atoms with Crippen molar-refractivity contribution in [2.45, 2.75) is 44.8 Å². The molecule has 5 aromatic carbocycles. The summed E-state index contributed by atoms with van der Waals surface area (Å²) in [5.41, 5.74) is 2.05. The molecule has 0 atom stereocenters. The van der Waals surface area contributed by atoms with E-state index in [2.05, 4.69) is 0 Å². The number of hydrogen-bond acceptors (Lipinski definition) is 9. The highest BCUT2D eigenvalue weighted by molar-refractivity contribution is 5.91. The second kappa shape index (κ2) is 17.5. The number of phenolic OH excluding ortho intramolecular Hbond substituents is 1. The molecule has 1 aliphatic heterocycles. The van der Waals surface area contributed by atoms with E-state index in [1.807, 2.05) is 133 Å². The van der Waals surface area contributed by atoms with Crippen LogP contribution in [0.2, 0.25) is 0 Å². The Labute approximate surface area is 359 Å². The van der Waals surface area contributed by atoms with Gasteiger partial charge < -0.3 is 29.5 Å². The van der Waals surface area contributed by atoms with E-state index in [0.717, 1.165) is 21.4 Å². The molecule has 318 valence electrons. The van der Waals surface area contributed by atoms with E-state index in [1.54, 1.807) is 17.0 Å². The topological polar surface area (TPSA) is 135 Å². The van der Waals surface area contributed by atoms with Gasteiger partial charge in [-0.05, 0) is 74.6 Å². The molecule has 2 aromatic heterocycles. The molecule has 1 amide bonds. The molecule has 1 fully saturated rings. The average Bonchev–Trinajstić information content (AvgIpc) is 3.64. The normalized spacial score (nSPS) is 13.4. The van der Waals surface area contributed by atoms with Crippen LogP contribution in [0.15, 0.2) is 138 Å². The Bertz CT molecular complexity index is 2630. The van der Waals surface area contributed by atoms with Gasteiger partial charge in [0.15, 0.2) is 5.82 Å². The molecule has 3 heterocycles. The third kappa shape index (κ3) is 8.11. The van der Waals surface area contributed by atoms with Crippen molar-refractivity contribution in [3.8, 4) is 28.4 Å². The molecule has 12 nitrogen and oxygen atoms in total. The number of hydrogen-bond donors (Lipinski definition) is 2. The zero-order valence-electron chi connectivity index (χ0n) is 34.9. The van der Waals surface area contributed by atoms with Crippen LogP contribution in [-0.2, 0) is 10.3 Å². The van der Waals surface area contributed by atoms with Crippen LogP contribution >= 0.6 is 0 Å². The van der Waals surface area contributed by atoms with Gasteiger partial charge in [0.05, 0.1) is 17.8 Å².